The summed E-state index contributed by atoms with van der Waals surface area (Å²) in [5.74, 6) is 0. The summed E-state index contributed by atoms with van der Waals surface area (Å²) in [5, 5.41) is 0. The molecule has 0 saturated carbocycles. The van der Waals surface area contributed by atoms with E-state index in [4.69, 9.17) is 4.74 Å². The molecular weight excluding hydrogens is 318 g/mol. The Morgan fingerprint density at radius 1 is 1.45 bits per heavy atom. The van der Waals surface area contributed by atoms with Crippen molar-refractivity contribution in [2.45, 2.75) is 25.9 Å². The molecule has 1 saturated heterocycles. The van der Waals surface area contributed by atoms with Crippen LogP contribution in [0.4, 0.5) is 5.69 Å². The minimum Gasteiger partial charge on any atom is -0.377 e. The molecule has 4 nitrogen and oxygen atoms in total. The van der Waals surface area contributed by atoms with Gasteiger partial charge in [0.1, 0.15) is 5.52 Å². The molecule has 1 aliphatic rings. The van der Waals surface area contributed by atoms with Gasteiger partial charge in [0.05, 0.1) is 17.3 Å². The van der Waals surface area contributed by atoms with Crippen LogP contribution < -0.4 is 4.90 Å². The van der Waals surface area contributed by atoms with Gasteiger partial charge in [0.25, 0.3) is 0 Å². The SMILES string of the molecule is CCOC1CCCN(c2ccnc3cc(Br)cnc23)C1. The van der Waals surface area contributed by atoms with Crippen LogP contribution in [0, 0.1) is 0 Å². The molecule has 0 aromatic carbocycles. The Kier molecular flexibility index (Phi) is 4.17. The maximum Gasteiger partial charge on any atom is 0.112 e. The van der Waals surface area contributed by atoms with Gasteiger partial charge in [-0.3, -0.25) is 9.97 Å². The van der Waals surface area contributed by atoms with Crippen LogP contribution in [0.5, 0.6) is 0 Å². The van der Waals surface area contributed by atoms with E-state index in [1.165, 1.54) is 0 Å². The average Bonchev–Trinajstić information content (AvgIpc) is 2.47. The molecule has 3 rings (SSSR count). The fraction of sp³-hybridized carbons (Fsp3) is 0.467. The summed E-state index contributed by atoms with van der Waals surface area (Å²) in [4.78, 5) is 11.3. The number of ether oxygens (including phenoxy) is 1. The molecule has 1 unspecified atom stereocenters. The largest absolute Gasteiger partial charge is 0.377 e. The van der Waals surface area contributed by atoms with E-state index in [0.29, 0.717) is 6.10 Å². The highest BCUT2D eigenvalue weighted by molar-refractivity contribution is 9.10. The van der Waals surface area contributed by atoms with Gasteiger partial charge in [-0.1, -0.05) is 0 Å². The van der Waals surface area contributed by atoms with Crippen molar-refractivity contribution in [3.8, 4) is 0 Å². The van der Waals surface area contributed by atoms with Crippen molar-refractivity contribution in [3.05, 3.63) is 29.0 Å². The van der Waals surface area contributed by atoms with Gasteiger partial charge >= 0.3 is 0 Å². The highest BCUT2D eigenvalue weighted by Gasteiger charge is 2.22. The summed E-state index contributed by atoms with van der Waals surface area (Å²) in [6.45, 7) is 4.83. The number of piperidine rings is 1. The Morgan fingerprint density at radius 2 is 2.35 bits per heavy atom. The fourth-order valence-corrected chi connectivity index (χ4v) is 3.09. The van der Waals surface area contributed by atoms with E-state index in [1.807, 2.05) is 18.5 Å². The number of nitrogens with zero attached hydrogens (tertiary/aromatic N) is 3. The molecule has 0 radical (unpaired) electrons. The summed E-state index contributed by atoms with van der Waals surface area (Å²) in [6, 6.07) is 4.06. The number of anilines is 1. The van der Waals surface area contributed by atoms with Crippen molar-refractivity contribution in [2.24, 2.45) is 0 Å². The van der Waals surface area contributed by atoms with Crippen LogP contribution in [0.2, 0.25) is 0 Å². The zero-order valence-electron chi connectivity index (χ0n) is 11.6. The number of pyridine rings is 2. The maximum atomic E-state index is 5.78. The van der Waals surface area contributed by atoms with Gasteiger partial charge in [-0.2, -0.15) is 0 Å². The van der Waals surface area contributed by atoms with E-state index in [1.54, 1.807) is 0 Å². The van der Waals surface area contributed by atoms with Crippen molar-refractivity contribution in [3.63, 3.8) is 0 Å². The monoisotopic (exact) mass is 335 g/mol. The van der Waals surface area contributed by atoms with Gasteiger partial charge < -0.3 is 9.64 Å². The number of hydrogen-bond donors (Lipinski definition) is 0. The van der Waals surface area contributed by atoms with Gasteiger partial charge in [0.15, 0.2) is 0 Å². The molecule has 3 heterocycles. The molecule has 2 aromatic rings. The first kappa shape index (κ1) is 13.8. The third-order valence-electron chi connectivity index (χ3n) is 3.64. The molecular formula is C15H18BrN3O. The topological polar surface area (TPSA) is 38.2 Å². The van der Waals surface area contributed by atoms with Crippen molar-refractivity contribution in [1.82, 2.24) is 9.97 Å². The summed E-state index contributed by atoms with van der Waals surface area (Å²) in [5.41, 5.74) is 3.05. The highest BCUT2D eigenvalue weighted by Crippen LogP contribution is 2.28. The van der Waals surface area contributed by atoms with Gasteiger partial charge in [-0.15, -0.1) is 0 Å². The van der Waals surface area contributed by atoms with Crippen LogP contribution in [-0.4, -0.2) is 35.8 Å². The normalized spacial score (nSPS) is 19.5. The zero-order chi connectivity index (χ0) is 13.9. The van der Waals surface area contributed by atoms with E-state index in [9.17, 15) is 0 Å². The van der Waals surface area contributed by atoms with Crippen molar-refractivity contribution in [2.75, 3.05) is 24.6 Å². The molecule has 0 aliphatic carbocycles. The van der Waals surface area contributed by atoms with Gasteiger partial charge in [0, 0.05) is 36.6 Å². The molecule has 106 valence electrons. The maximum absolute atomic E-state index is 5.78. The molecule has 1 fully saturated rings. The molecule has 2 aromatic heterocycles. The Morgan fingerprint density at radius 3 is 3.20 bits per heavy atom. The van der Waals surface area contributed by atoms with Crippen LogP contribution in [0.15, 0.2) is 29.0 Å². The van der Waals surface area contributed by atoms with Crippen molar-refractivity contribution >= 4 is 32.7 Å². The van der Waals surface area contributed by atoms with Gasteiger partial charge in [0.2, 0.25) is 0 Å². The number of hydrogen-bond acceptors (Lipinski definition) is 4. The van der Waals surface area contributed by atoms with E-state index < -0.39 is 0 Å². The minimum absolute atomic E-state index is 0.326. The van der Waals surface area contributed by atoms with Crippen LogP contribution in [0.1, 0.15) is 19.8 Å². The van der Waals surface area contributed by atoms with Crippen LogP contribution >= 0.6 is 15.9 Å². The second-order valence-electron chi connectivity index (χ2n) is 5.02. The number of rotatable bonds is 3. The molecule has 5 heteroatoms. The predicted octanol–water partition coefficient (Wildman–Crippen LogP) is 3.40. The van der Waals surface area contributed by atoms with Crippen LogP contribution in [0.3, 0.4) is 0 Å². The minimum atomic E-state index is 0.326. The molecule has 0 bridgehead atoms. The molecule has 0 amide bonds. The summed E-state index contributed by atoms with van der Waals surface area (Å²) in [6.07, 6.45) is 6.32. The third-order valence-corrected chi connectivity index (χ3v) is 4.08. The average molecular weight is 336 g/mol. The lowest BCUT2D eigenvalue weighted by Gasteiger charge is -2.34. The lowest BCUT2D eigenvalue weighted by atomic mass is 10.1. The fourth-order valence-electron chi connectivity index (χ4n) is 2.78. The number of halogens is 1. The zero-order valence-corrected chi connectivity index (χ0v) is 13.1. The van der Waals surface area contributed by atoms with Crippen LogP contribution in [0.25, 0.3) is 11.0 Å². The lowest BCUT2D eigenvalue weighted by molar-refractivity contribution is 0.0527. The van der Waals surface area contributed by atoms with Crippen LogP contribution in [-0.2, 0) is 4.74 Å². The van der Waals surface area contributed by atoms with Gasteiger partial charge in [-0.25, -0.2) is 0 Å². The molecule has 1 aliphatic heterocycles. The summed E-state index contributed by atoms with van der Waals surface area (Å²) >= 11 is 3.45. The predicted molar refractivity (Wildman–Crippen MR) is 84.1 cm³/mol. The van der Waals surface area contributed by atoms with E-state index >= 15 is 0 Å². The van der Waals surface area contributed by atoms with Crippen molar-refractivity contribution in [1.29, 1.82) is 0 Å². The van der Waals surface area contributed by atoms with Gasteiger partial charge in [-0.05, 0) is 47.8 Å². The number of fused-ring (bicyclic) bond motifs is 1. The second kappa shape index (κ2) is 6.06. The Bertz CT molecular complexity index is 603. The first-order chi connectivity index (χ1) is 9.78. The Labute approximate surface area is 127 Å². The van der Waals surface area contributed by atoms with Crippen molar-refractivity contribution < 1.29 is 4.74 Å². The molecule has 20 heavy (non-hydrogen) atoms. The first-order valence-electron chi connectivity index (χ1n) is 7.04. The van der Waals surface area contributed by atoms with E-state index in [0.717, 1.165) is 53.7 Å². The summed E-state index contributed by atoms with van der Waals surface area (Å²) in [7, 11) is 0. The lowest BCUT2D eigenvalue weighted by Crippen LogP contribution is -2.39. The third kappa shape index (κ3) is 2.79. The Hall–Kier alpha value is -1.20. The Balaban J connectivity index is 1.93. The molecule has 1 atom stereocenters. The molecule has 0 spiro atoms. The first-order valence-corrected chi connectivity index (χ1v) is 7.84. The van der Waals surface area contributed by atoms with E-state index in [2.05, 4.69) is 43.8 Å². The standard InChI is InChI=1S/C15H18BrN3O/c1-2-20-12-4-3-7-19(10-12)14-5-6-17-13-8-11(16)9-18-15(13)14/h5-6,8-9,12H,2-4,7,10H2,1H3. The quantitative estimate of drug-likeness (QED) is 0.861. The van der Waals surface area contributed by atoms with E-state index in [-0.39, 0.29) is 0 Å². The second-order valence-corrected chi connectivity index (χ2v) is 5.93. The summed E-state index contributed by atoms with van der Waals surface area (Å²) < 4.78 is 6.74. The number of aromatic nitrogens is 2. The highest BCUT2D eigenvalue weighted by atomic mass is 79.9. The smallest absolute Gasteiger partial charge is 0.112 e. The molecule has 0 N–H and O–H groups in total.